The third kappa shape index (κ3) is 7.14. The molecular formula is C10H16O2. The summed E-state index contributed by atoms with van der Waals surface area (Å²) in [4.78, 5) is 11.0. The topological polar surface area (TPSA) is 26.3 Å². The Hall–Kier alpha value is -0.970. The van der Waals surface area contributed by atoms with Crippen LogP contribution in [0, 0.1) is 12.3 Å². The van der Waals surface area contributed by atoms with Crippen LogP contribution in [0.2, 0.25) is 0 Å². The maximum atomic E-state index is 11.0. The lowest BCUT2D eigenvalue weighted by atomic mass is 10.2. The average Bonchev–Trinajstić information content (AvgIpc) is 1.84. The highest BCUT2D eigenvalue weighted by Crippen LogP contribution is 2.09. The molecule has 0 aromatic rings. The Balaban J connectivity index is 3.56. The van der Waals surface area contributed by atoms with E-state index in [4.69, 9.17) is 11.2 Å². The number of esters is 1. The molecule has 68 valence electrons. The van der Waals surface area contributed by atoms with E-state index in [0.717, 1.165) is 0 Å². The molecule has 0 aliphatic carbocycles. The van der Waals surface area contributed by atoms with Gasteiger partial charge in [-0.05, 0) is 27.2 Å². The van der Waals surface area contributed by atoms with Crippen molar-refractivity contribution in [3.63, 3.8) is 0 Å². The van der Waals surface area contributed by atoms with Gasteiger partial charge in [-0.2, -0.15) is 0 Å². The number of carbonyl (C=O) groups excluding carboxylic acids is 1. The number of hydrogen-bond acceptors (Lipinski definition) is 2. The Morgan fingerprint density at radius 1 is 1.50 bits per heavy atom. The number of rotatable bonds is 3. The highest BCUT2D eigenvalue weighted by Gasteiger charge is 2.15. The summed E-state index contributed by atoms with van der Waals surface area (Å²) >= 11 is 0. The van der Waals surface area contributed by atoms with E-state index in [0.29, 0.717) is 19.3 Å². The molecule has 0 aromatic heterocycles. The van der Waals surface area contributed by atoms with E-state index in [9.17, 15) is 4.79 Å². The SMILES string of the molecule is C#CCCCC(=O)OC(C)(C)C. The molecule has 12 heavy (non-hydrogen) atoms. The fourth-order valence-corrected chi connectivity index (χ4v) is 0.727. The van der Waals surface area contributed by atoms with Crippen molar-refractivity contribution in [1.29, 1.82) is 0 Å². The lowest BCUT2D eigenvalue weighted by molar-refractivity contribution is -0.154. The summed E-state index contributed by atoms with van der Waals surface area (Å²) in [6.07, 6.45) is 6.81. The van der Waals surface area contributed by atoms with E-state index in [1.54, 1.807) is 0 Å². The molecule has 0 saturated heterocycles. The largest absolute Gasteiger partial charge is 0.460 e. The summed E-state index contributed by atoms with van der Waals surface area (Å²) < 4.78 is 5.08. The predicted molar refractivity (Wildman–Crippen MR) is 48.5 cm³/mol. The zero-order valence-corrected chi connectivity index (χ0v) is 8.02. The molecule has 0 N–H and O–H groups in total. The van der Waals surface area contributed by atoms with Crippen molar-refractivity contribution >= 4 is 5.97 Å². The van der Waals surface area contributed by atoms with E-state index in [-0.39, 0.29) is 11.6 Å². The fraction of sp³-hybridized carbons (Fsp3) is 0.700. The molecule has 0 unspecified atom stereocenters. The molecule has 0 fully saturated rings. The smallest absolute Gasteiger partial charge is 0.306 e. The van der Waals surface area contributed by atoms with Gasteiger partial charge < -0.3 is 4.74 Å². The van der Waals surface area contributed by atoms with Gasteiger partial charge in [0.15, 0.2) is 0 Å². The first-order valence-corrected chi connectivity index (χ1v) is 4.11. The van der Waals surface area contributed by atoms with Crippen molar-refractivity contribution in [3.05, 3.63) is 0 Å². The lowest BCUT2D eigenvalue weighted by Crippen LogP contribution is -2.23. The van der Waals surface area contributed by atoms with Gasteiger partial charge in [0.25, 0.3) is 0 Å². The normalized spacial score (nSPS) is 10.5. The number of unbranched alkanes of at least 4 members (excludes halogenated alkanes) is 1. The molecule has 0 aliphatic heterocycles. The van der Waals surface area contributed by atoms with Crippen LogP contribution in [0.25, 0.3) is 0 Å². The molecule has 0 atom stereocenters. The first-order valence-electron chi connectivity index (χ1n) is 4.11. The Kier molecular flexibility index (Phi) is 4.43. The predicted octanol–water partition coefficient (Wildman–Crippen LogP) is 2.13. The standard InChI is InChI=1S/C10H16O2/c1-5-6-7-8-9(11)12-10(2,3)4/h1H,6-8H2,2-4H3. The Labute approximate surface area is 74.3 Å². The van der Waals surface area contributed by atoms with Crippen LogP contribution in [0.3, 0.4) is 0 Å². The van der Waals surface area contributed by atoms with Crippen molar-refractivity contribution in [2.24, 2.45) is 0 Å². The van der Waals surface area contributed by atoms with Crippen LogP contribution in [0.5, 0.6) is 0 Å². The Morgan fingerprint density at radius 3 is 2.50 bits per heavy atom. The van der Waals surface area contributed by atoms with Gasteiger partial charge in [-0.1, -0.05) is 0 Å². The molecule has 0 aliphatic rings. The number of carbonyl (C=O) groups is 1. The first-order chi connectivity index (χ1) is 5.45. The summed E-state index contributed by atoms with van der Waals surface area (Å²) in [6, 6.07) is 0. The van der Waals surface area contributed by atoms with Gasteiger partial charge in [-0.15, -0.1) is 12.3 Å². The number of hydrogen-bond donors (Lipinski definition) is 0. The van der Waals surface area contributed by atoms with Crippen molar-refractivity contribution < 1.29 is 9.53 Å². The van der Waals surface area contributed by atoms with Gasteiger partial charge in [0.1, 0.15) is 5.60 Å². The molecule has 0 heterocycles. The van der Waals surface area contributed by atoms with Gasteiger partial charge in [0, 0.05) is 12.8 Å². The summed E-state index contributed by atoms with van der Waals surface area (Å²) in [5.41, 5.74) is -0.382. The van der Waals surface area contributed by atoms with Crippen molar-refractivity contribution in [3.8, 4) is 12.3 Å². The van der Waals surface area contributed by atoms with E-state index >= 15 is 0 Å². The average molecular weight is 168 g/mol. The van der Waals surface area contributed by atoms with Crippen molar-refractivity contribution in [2.75, 3.05) is 0 Å². The molecule has 0 radical (unpaired) electrons. The van der Waals surface area contributed by atoms with Gasteiger partial charge >= 0.3 is 5.97 Å². The highest BCUT2D eigenvalue weighted by atomic mass is 16.6. The van der Waals surface area contributed by atoms with E-state index < -0.39 is 0 Å². The van der Waals surface area contributed by atoms with Crippen LogP contribution >= 0.6 is 0 Å². The highest BCUT2D eigenvalue weighted by molar-refractivity contribution is 5.69. The van der Waals surface area contributed by atoms with Gasteiger partial charge in [0.05, 0.1) is 0 Å². The van der Waals surface area contributed by atoms with Crippen LogP contribution in [0.4, 0.5) is 0 Å². The molecular weight excluding hydrogens is 152 g/mol. The third-order valence-corrected chi connectivity index (χ3v) is 1.12. The first kappa shape index (κ1) is 11.0. The van der Waals surface area contributed by atoms with E-state index in [1.165, 1.54) is 0 Å². The Morgan fingerprint density at radius 2 is 2.08 bits per heavy atom. The molecule has 2 heteroatoms. The van der Waals surface area contributed by atoms with Gasteiger partial charge in [-0.25, -0.2) is 0 Å². The summed E-state index contributed by atoms with van der Waals surface area (Å²) in [5.74, 6) is 2.31. The van der Waals surface area contributed by atoms with Gasteiger partial charge in [0.2, 0.25) is 0 Å². The van der Waals surface area contributed by atoms with Crippen LogP contribution in [0.1, 0.15) is 40.0 Å². The second kappa shape index (κ2) is 4.82. The molecule has 0 saturated carbocycles. The summed E-state index contributed by atoms with van der Waals surface area (Å²) in [6.45, 7) is 5.56. The van der Waals surface area contributed by atoms with Crippen LogP contribution in [-0.2, 0) is 9.53 Å². The maximum Gasteiger partial charge on any atom is 0.306 e. The van der Waals surface area contributed by atoms with Crippen LogP contribution in [-0.4, -0.2) is 11.6 Å². The minimum atomic E-state index is -0.382. The van der Waals surface area contributed by atoms with Gasteiger partial charge in [-0.3, -0.25) is 4.79 Å². The molecule has 0 aromatic carbocycles. The summed E-state index contributed by atoms with van der Waals surface area (Å²) in [7, 11) is 0. The van der Waals surface area contributed by atoms with Crippen molar-refractivity contribution in [1.82, 2.24) is 0 Å². The maximum absolute atomic E-state index is 11.0. The minimum Gasteiger partial charge on any atom is -0.460 e. The quantitative estimate of drug-likeness (QED) is 0.366. The minimum absolute atomic E-state index is 0.169. The Bertz CT molecular complexity index is 181. The molecule has 0 bridgehead atoms. The van der Waals surface area contributed by atoms with E-state index in [1.807, 2.05) is 20.8 Å². The second-order valence-electron chi connectivity index (χ2n) is 3.64. The molecule has 0 rings (SSSR count). The number of terminal acetylenes is 1. The lowest BCUT2D eigenvalue weighted by Gasteiger charge is -2.19. The van der Waals surface area contributed by atoms with Crippen molar-refractivity contribution in [2.45, 2.75) is 45.6 Å². The zero-order valence-electron chi connectivity index (χ0n) is 8.02. The molecule has 0 spiro atoms. The third-order valence-electron chi connectivity index (χ3n) is 1.12. The summed E-state index contributed by atoms with van der Waals surface area (Å²) in [5, 5.41) is 0. The number of ether oxygens (including phenoxy) is 1. The van der Waals surface area contributed by atoms with Crippen LogP contribution in [0.15, 0.2) is 0 Å². The van der Waals surface area contributed by atoms with E-state index in [2.05, 4.69) is 5.92 Å². The second-order valence-corrected chi connectivity index (χ2v) is 3.64. The fourth-order valence-electron chi connectivity index (χ4n) is 0.727. The zero-order chi connectivity index (χ0) is 9.61. The molecule has 0 amide bonds. The monoisotopic (exact) mass is 168 g/mol. The van der Waals surface area contributed by atoms with Crippen LogP contribution < -0.4 is 0 Å². The molecule has 2 nitrogen and oxygen atoms in total.